The number of rotatable bonds is 5. The van der Waals surface area contributed by atoms with E-state index in [0.717, 1.165) is 12.1 Å². The fourth-order valence-electron chi connectivity index (χ4n) is 5.16. The first-order chi connectivity index (χ1) is 18.4. The number of H-pyrrole nitrogens is 1. The van der Waals surface area contributed by atoms with Crippen LogP contribution in [0, 0.1) is 28.4 Å². The maximum atomic E-state index is 15.6. The largest absolute Gasteiger partial charge is 0.429 e. The lowest BCUT2D eigenvalue weighted by Gasteiger charge is -2.37. The third-order valence-electron chi connectivity index (χ3n) is 6.66. The van der Waals surface area contributed by atoms with Gasteiger partial charge >= 0.3 is 6.09 Å². The molecule has 2 heterocycles. The fraction of sp³-hybridized carbons (Fsp3) is 0.321. The predicted octanol–water partition coefficient (Wildman–Crippen LogP) is 6.49. The number of benzene rings is 2. The van der Waals surface area contributed by atoms with Crippen LogP contribution >= 0.6 is 23.2 Å². The van der Waals surface area contributed by atoms with E-state index in [0.29, 0.717) is 6.42 Å². The van der Waals surface area contributed by atoms with E-state index in [1.165, 1.54) is 42.6 Å². The van der Waals surface area contributed by atoms with Crippen molar-refractivity contribution in [3.63, 3.8) is 0 Å². The summed E-state index contributed by atoms with van der Waals surface area (Å²) in [4.78, 5) is 27.0. The van der Waals surface area contributed by atoms with Gasteiger partial charge in [-0.05, 0) is 41.7 Å². The molecule has 11 heteroatoms. The lowest BCUT2D eigenvalue weighted by Crippen LogP contribution is -2.44. The van der Waals surface area contributed by atoms with Gasteiger partial charge in [-0.2, -0.15) is 5.26 Å². The summed E-state index contributed by atoms with van der Waals surface area (Å²) < 4.78 is 36.9. The highest BCUT2D eigenvalue weighted by molar-refractivity contribution is 6.31. The Labute approximate surface area is 234 Å². The highest BCUT2D eigenvalue weighted by Gasteiger charge is 2.61. The van der Waals surface area contributed by atoms with E-state index in [1.807, 2.05) is 20.8 Å². The van der Waals surface area contributed by atoms with Crippen LogP contribution < -0.4 is 16.2 Å². The molecule has 4 atom stereocenters. The van der Waals surface area contributed by atoms with E-state index in [2.05, 4.69) is 21.7 Å². The van der Waals surface area contributed by atoms with Gasteiger partial charge in [-0.25, -0.2) is 13.6 Å². The summed E-state index contributed by atoms with van der Waals surface area (Å²) >= 11 is 12.1. The number of nitrogens with zero attached hydrogens (tertiary/aromatic N) is 1. The van der Waals surface area contributed by atoms with Crippen molar-refractivity contribution in [3.8, 4) is 6.07 Å². The van der Waals surface area contributed by atoms with Gasteiger partial charge in [-0.3, -0.25) is 15.4 Å². The van der Waals surface area contributed by atoms with E-state index in [1.54, 1.807) is 0 Å². The zero-order valence-electron chi connectivity index (χ0n) is 21.3. The van der Waals surface area contributed by atoms with Crippen LogP contribution in [0.25, 0.3) is 0 Å². The number of nitrogens with one attached hydrogen (secondary N) is 3. The van der Waals surface area contributed by atoms with Crippen molar-refractivity contribution < 1.29 is 18.3 Å². The van der Waals surface area contributed by atoms with Crippen LogP contribution in [0.15, 0.2) is 59.5 Å². The Morgan fingerprint density at radius 2 is 1.92 bits per heavy atom. The second kappa shape index (κ2) is 11.0. The molecule has 7 nitrogen and oxygen atoms in total. The Hall–Kier alpha value is -3.45. The van der Waals surface area contributed by atoms with E-state index in [9.17, 15) is 14.9 Å². The zero-order valence-corrected chi connectivity index (χ0v) is 22.8. The molecule has 1 saturated heterocycles. The standard InChI is InChI=1S/C28H26Cl2F2N4O3/c1-27(2,3)13-21-28(14-33,18-8-7-15(29)11-20(18)31)23(17-5-4-6-19(30)24(17)32)25(36-21)39-26(38)35-16-9-10-34-22(37)12-16/h4-12,21,23,25,36H,13H2,1-3H3,(H2,34,35,37,38)/t21-,23-,25+,28-/m0/s1. The number of aromatic nitrogens is 1. The van der Waals surface area contributed by atoms with Crippen LogP contribution in [-0.2, 0) is 10.2 Å². The van der Waals surface area contributed by atoms with E-state index in [-0.39, 0.29) is 32.3 Å². The van der Waals surface area contributed by atoms with Crippen molar-refractivity contribution in [3.05, 3.63) is 97.9 Å². The number of aromatic amines is 1. The Morgan fingerprint density at radius 1 is 1.18 bits per heavy atom. The minimum Gasteiger partial charge on any atom is -0.429 e. The number of nitriles is 1. The average Bonchev–Trinajstić information content (AvgIpc) is 3.12. The summed E-state index contributed by atoms with van der Waals surface area (Å²) in [5, 5.41) is 16.3. The SMILES string of the molecule is CC(C)(C)C[C@@H]1N[C@H](OC(=O)Nc2cc[nH]c(=O)c2)[C@H](c2cccc(Cl)c2F)[C@@]1(C#N)c1ccc(Cl)cc1F. The lowest BCUT2D eigenvalue weighted by atomic mass is 9.63. The lowest BCUT2D eigenvalue weighted by molar-refractivity contribution is 0.0851. The molecule has 0 aliphatic carbocycles. The number of amides is 1. The molecular formula is C28H26Cl2F2N4O3. The molecule has 0 radical (unpaired) electrons. The molecule has 1 fully saturated rings. The van der Waals surface area contributed by atoms with E-state index in [4.69, 9.17) is 27.9 Å². The average molecular weight is 575 g/mol. The summed E-state index contributed by atoms with van der Waals surface area (Å²) in [5.74, 6) is -2.81. The second-order valence-electron chi connectivity index (χ2n) is 10.6. The molecule has 0 unspecified atom stereocenters. The molecule has 4 rings (SSSR count). The summed E-state index contributed by atoms with van der Waals surface area (Å²) in [6.45, 7) is 5.83. The predicted molar refractivity (Wildman–Crippen MR) is 145 cm³/mol. The Morgan fingerprint density at radius 3 is 2.56 bits per heavy atom. The van der Waals surface area contributed by atoms with Gasteiger partial charge in [0, 0.05) is 28.9 Å². The minimum absolute atomic E-state index is 0.0263. The molecule has 1 aromatic heterocycles. The van der Waals surface area contributed by atoms with Gasteiger partial charge < -0.3 is 9.72 Å². The first kappa shape index (κ1) is 28.6. The zero-order chi connectivity index (χ0) is 28.5. The quantitative estimate of drug-likeness (QED) is 0.323. The molecule has 1 aliphatic heterocycles. The summed E-state index contributed by atoms with van der Waals surface area (Å²) in [6, 6.07) is 12.3. The van der Waals surface area contributed by atoms with Crippen LogP contribution in [0.3, 0.4) is 0 Å². The smallest absolute Gasteiger partial charge is 0.413 e. The molecule has 39 heavy (non-hydrogen) atoms. The third-order valence-corrected chi connectivity index (χ3v) is 7.19. The normalized spacial score (nSPS) is 22.8. The molecular weight excluding hydrogens is 549 g/mol. The highest BCUT2D eigenvalue weighted by Crippen LogP contribution is 2.53. The molecule has 1 aliphatic rings. The number of carbonyl (C=O) groups is 1. The first-order valence-electron chi connectivity index (χ1n) is 12.1. The number of halogens is 4. The van der Waals surface area contributed by atoms with Gasteiger partial charge in [0.05, 0.1) is 22.7 Å². The number of anilines is 1. The van der Waals surface area contributed by atoms with Crippen molar-refractivity contribution in [1.29, 1.82) is 5.26 Å². The van der Waals surface area contributed by atoms with Crippen molar-refractivity contribution in [2.75, 3.05) is 5.32 Å². The van der Waals surface area contributed by atoms with Crippen LogP contribution in [0.4, 0.5) is 19.3 Å². The number of pyridine rings is 1. The number of carbonyl (C=O) groups excluding carboxylic acids is 1. The Kier molecular flexibility index (Phi) is 8.03. The molecule has 2 aromatic carbocycles. The van der Waals surface area contributed by atoms with Crippen LogP contribution in [0.5, 0.6) is 0 Å². The third kappa shape index (κ3) is 5.78. The Balaban J connectivity index is 1.89. The fourth-order valence-corrected chi connectivity index (χ4v) is 5.50. The first-order valence-corrected chi connectivity index (χ1v) is 12.8. The summed E-state index contributed by atoms with van der Waals surface area (Å²) in [6.07, 6.45) is -0.580. The molecule has 204 valence electrons. The molecule has 1 amide bonds. The number of hydrogen-bond acceptors (Lipinski definition) is 5. The monoisotopic (exact) mass is 574 g/mol. The van der Waals surface area contributed by atoms with Gasteiger partial charge in [-0.15, -0.1) is 0 Å². The molecule has 0 spiro atoms. The van der Waals surface area contributed by atoms with Gasteiger partial charge in [0.1, 0.15) is 17.0 Å². The van der Waals surface area contributed by atoms with Crippen molar-refractivity contribution in [2.24, 2.45) is 5.41 Å². The summed E-state index contributed by atoms with van der Waals surface area (Å²) in [5.41, 5.74) is -2.46. The summed E-state index contributed by atoms with van der Waals surface area (Å²) in [7, 11) is 0. The topological polar surface area (TPSA) is 107 Å². The molecule has 0 saturated carbocycles. The highest BCUT2D eigenvalue weighted by atomic mass is 35.5. The van der Waals surface area contributed by atoms with Crippen molar-refractivity contribution in [2.45, 2.75) is 50.8 Å². The Bertz CT molecular complexity index is 1500. The van der Waals surface area contributed by atoms with Gasteiger partial charge in [0.25, 0.3) is 0 Å². The van der Waals surface area contributed by atoms with Crippen molar-refractivity contribution >= 4 is 35.0 Å². The van der Waals surface area contributed by atoms with Crippen LogP contribution in [0.2, 0.25) is 10.0 Å². The number of ether oxygens (including phenoxy) is 1. The van der Waals surface area contributed by atoms with Crippen LogP contribution in [-0.4, -0.2) is 23.3 Å². The number of hydrogen-bond donors (Lipinski definition) is 3. The maximum absolute atomic E-state index is 15.6. The second-order valence-corrected chi connectivity index (χ2v) is 11.4. The molecule has 3 N–H and O–H groups in total. The molecule has 0 bridgehead atoms. The van der Waals surface area contributed by atoms with Gasteiger partial charge in [0.15, 0.2) is 6.23 Å². The minimum atomic E-state index is -1.75. The van der Waals surface area contributed by atoms with Crippen molar-refractivity contribution in [1.82, 2.24) is 10.3 Å². The molecule has 3 aromatic rings. The van der Waals surface area contributed by atoms with E-state index >= 15 is 8.78 Å². The van der Waals surface area contributed by atoms with Gasteiger partial charge in [0.2, 0.25) is 5.56 Å². The van der Waals surface area contributed by atoms with E-state index < -0.39 is 46.9 Å². The van der Waals surface area contributed by atoms with Gasteiger partial charge in [-0.1, -0.05) is 62.2 Å². The maximum Gasteiger partial charge on any atom is 0.413 e. The van der Waals surface area contributed by atoms with Crippen LogP contribution in [0.1, 0.15) is 44.2 Å².